The SMILES string of the molecule is COC(=O)[C@H]1CC[C@H](OC(=O)CCC(F)(F)F)CC1. The van der Waals surface area contributed by atoms with Crippen molar-refractivity contribution < 1.29 is 32.2 Å². The molecule has 0 spiro atoms. The van der Waals surface area contributed by atoms with E-state index in [2.05, 4.69) is 4.74 Å². The lowest BCUT2D eigenvalue weighted by Crippen LogP contribution is -2.28. The third-order valence-electron chi connectivity index (χ3n) is 3.12. The van der Waals surface area contributed by atoms with E-state index < -0.39 is 25.0 Å². The normalized spacial score (nSPS) is 23.8. The van der Waals surface area contributed by atoms with Crippen LogP contribution < -0.4 is 0 Å². The van der Waals surface area contributed by atoms with Crippen LogP contribution in [0.3, 0.4) is 0 Å². The highest BCUT2D eigenvalue weighted by atomic mass is 19.4. The fourth-order valence-corrected chi connectivity index (χ4v) is 2.07. The lowest BCUT2D eigenvalue weighted by atomic mass is 9.87. The number of halogens is 3. The smallest absolute Gasteiger partial charge is 0.389 e. The molecule has 0 N–H and O–H groups in total. The molecule has 0 radical (unpaired) electrons. The molecule has 1 aliphatic rings. The molecule has 0 aromatic carbocycles. The standard InChI is InChI=1S/C12H17F3O4/c1-18-11(17)8-2-4-9(5-3-8)19-10(16)6-7-12(13,14)15/h8-9H,2-7H2,1H3/t8-,9-. The Kier molecular flexibility index (Phi) is 5.62. The Morgan fingerprint density at radius 2 is 1.74 bits per heavy atom. The molecule has 7 heteroatoms. The molecule has 1 aliphatic carbocycles. The zero-order valence-corrected chi connectivity index (χ0v) is 10.7. The van der Waals surface area contributed by atoms with Crippen LogP contribution in [-0.4, -0.2) is 31.3 Å². The number of alkyl halides is 3. The first kappa shape index (κ1) is 15.8. The predicted octanol–water partition coefficient (Wildman–Crippen LogP) is 2.60. The van der Waals surface area contributed by atoms with Crippen molar-refractivity contribution >= 4 is 11.9 Å². The minimum atomic E-state index is -4.35. The van der Waals surface area contributed by atoms with Crippen molar-refractivity contribution in [3.8, 4) is 0 Å². The summed E-state index contributed by atoms with van der Waals surface area (Å²) in [7, 11) is 1.31. The van der Waals surface area contributed by atoms with Crippen LogP contribution >= 0.6 is 0 Å². The number of hydrogen-bond acceptors (Lipinski definition) is 4. The van der Waals surface area contributed by atoms with Crippen LogP contribution in [0.15, 0.2) is 0 Å². The summed E-state index contributed by atoms with van der Waals surface area (Å²) >= 11 is 0. The first-order valence-electron chi connectivity index (χ1n) is 6.16. The third-order valence-corrected chi connectivity index (χ3v) is 3.12. The van der Waals surface area contributed by atoms with E-state index in [1.807, 2.05) is 0 Å². The van der Waals surface area contributed by atoms with Gasteiger partial charge in [0.1, 0.15) is 6.10 Å². The van der Waals surface area contributed by atoms with Gasteiger partial charge in [0.05, 0.1) is 25.9 Å². The van der Waals surface area contributed by atoms with Crippen LogP contribution in [0, 0.1) is 5.92 Å². The number of carbonyl (C=O) groups excluding carboxylic acids is 2. The van der Waals surface area contributed by atoms with Gasteiger partial charge in [-0.25, -0.2) is 0 Å². The van der Waals surface area contributed by atoms with Crippen LogP contribution in [0.2, 0.25) is 0 Å². The van der Waals surface area contributed by atoms with Crippen molar-refractivity contribution in [2.75, 3.05) is 7.11 Å². The Hall–Kier alpha value is -1.27. The van der Waals surface area contributed by atoms with Gasteiger partial charge in [-0.3, -0.25) is 9.59 Å². The molecule has 0 unspecified atom stereocenters. The molecule has 4 nitrogen and oxygen atoms in total. The second-order valence-electron chi connectivity index (χ2n) is 4.60. The maximum atomic E-state index is 11.9. The van der Waals surface area contributed by atoms with Gasteiger partial charge in [-0.1, -0.05) is 0 Å². The molecule has 0 aromatic rings. The van der Waals surface area contributed by atoms with Gasteiger partial charge in [-0.2, -0.15) is 13.2 Å². The van der Waals surface area contributed by atoms with E-state index in [0.29, 0.717) is 25.7 Å². The fraction of sp³-hybridized carbons (Fsp3) is 0.833. The summed E-state index contributed by atoms with van der Waals surface area (Å²) in [5, 5.41) is 0. The molecule has 0 heterocycles. The molecule has 0 atom stereocenters. The van der Waals surface area contributed by atoms with E-state index >= 15 is 0 Å². The Labute approximate surface area is 109 Å². The van der Waals surface area contributed by atoms with Crippen molar-refractivity contribution in [1.29, 1.82) is 0 Å². The van der Waals surface area contributed by atoms with Crippen LogP contribution in [0.1, 0.15) is 38.5 Å². The number of rotatable bonds is 4. The second kappa shape index (κ2) is 6.77. The Balaban J connectivity index is 2.25. The lowest BCUT2D eigenvalue weighted by Gasteiger charge is -2.26. The Bertz CT molecular complexity index is 319. The van der Waals surface area contributed by atoms with E-state index in [9.17, 15) is 22.8 Å². The van der Waals surface area contributed by atoms with Gasteiger partial charge < -0.3 is 9.47 Å². The molecule has 0 aliphatic heterocycles. The maximum absolute atomic E-state index is 11.9. The molecule has 110 valence electrons. The number of ether oxygens (including phenoxy) is 2. The summed E-state index contributed by atoms with van der Waals surface area (Å²) in [6, 6.07) is 0. The van der Waals surface area contributed by atoms with Crippen LogP contribution in [0.5, 0.6) is 0 Å². The first-order valence-corrected chi connectivity index (χ1v) is 6.16. The monoisotopic (exact) mass is 282 g/mol. The fourth-order valence-electron chi connectivity index (χ4n) is 2.07. The van der Waals surface area contributed by atoms with Crippen LogP contribution in [-0.2, 0) is 19.1 Å². The highest BCUT2D eigenvalue weighted by Gasteiger charge is 2.31. The van der Waals surface area contributed by atoms with Crippen LogP contribution in [0.4, 0.5) is 13.2 Å². The molecule has 0 bridgehead atoms. The zero-order chi connectivity index (χ0) is 14.5. The molecular weight excluding hydrogens is 265 g/mol. The van der Waals surface area contributed by atoms with Crippen molar-refractivity contribution in [1.82, 2.24) is 0 Å². The highest BCUT2D eigenvalue weighted by molar-refractivity contribution is 5.72. The largest absolute Gasteiger partial charge is 0.469 e. The number of methoxy groups -OCH3 is 1. The minimum Gasteiger partial charge on any atom is -0.469 e. The lowest BCUT2D eigenvalue weighted by molar-refractivity contribution is -0.163. The molecule has 0 aromatic heterocycles. The number of carbonyl (C=O) groups is 2. The molecule has 19 heavy (non-hydrogen) atoms. The molecule has 0 amide bonds. The quantitative estimate of drug-likeness (QED) is 0.744. The molecular formula is C12H17F3O4. The van der Waals surface area contributed by atoms with Crippen molar-refractivity contribution in [2.24, 2.45) is 5.92 Å². The van der Waals surface area contributed by atoms with Crippen molar-refractivity contribution in [2.45, 2.75) is 50.8 Å². The second-order valence-corrected chi connectivity index (χ2v) is 4.60. The molecule has 0 saturated heterocycles. The van der Waals surface area contributed by atoms with Gasteiger partial charge in [-0.15, -0.1) is 0 Å². The summed E-state index contributed by atoms with van der Waals surface area (Å²) in [6.07, 6.45) is -4.52. The Morgan fingerprint density at radius 1 is 1.16 bits per heavy atom. The van der Waals surface area contributed by atoms with Crippen molar-refractivity contribution in [3.63, 3.8) is 0 Å². The number of hydrogen-bond donors (Lipinski definition) is 0. The van der Waals surface area contributed by atoms with Gasteiger partial charge in [0.15, 0.2) is 0 Å². The first-order chi connectivity index (χ1) is 8.81. The predicted molar refractivity (Wildman–Crippen MR) is 59.1 cm³/mol. The Morgan fingerprint density at radius 3 is 2.21 bits per heavy atom. The molecule has 1 saturated carbocycles. The zero-order valence-electron chi connectivity index (χ0n) is 10.7. The van der Waals surface area contributed by atoms with E-state index in [1.165, 1.54) is 7.11 Å². The van der Waals surface area contributed by atoms with Gasteiger partial charge >= 0.3 is 18.1 Å². The molecule has 1 fully saturated rings. The highest BCUT2D eigenvalue weighted by Crippen LogP contribution is 2.28. The van der Waals surface area contributed by atoms with Gasteiger partial charge in [0.2, 0.25) is 0 Å². The van der Waals surface area contributed by atoms with E-state index in [1.54, 1.807) is 0 Å². The summed E-state index contributed by atoms with van der Waals surface area (Å²) < 4.78 is 45.3. The van der Waals surface area contributed by atoms with E-state index in [4.69, 9.17) is 4.74 Å². The summed E-state index contributed by atoms with van der Waals surface area (Å²) in [6.45, 7) is 0. The van der Waals surface area contributed by atoms with Gasteiger partial charge in [-0.05, 0) is 25.7 Å². The maximum Gasteiger partial charge on any atom is 0.389 e. The average molecular weight is 282 g/mol. The van der Waals surface area contributed by atoms with E-state index in [0.717, 1.165) is 0 Å². The average Bonchev–Trinajstić information content (AvgIpc) is 2.35. The third kappa shape index (κ3) is 5.94. The summed E-state index contributed by atoms with van der Waals surface area (Å²) in [4.78, 5) is 22.5. The topological polar surface area (TPSA) is 52.6 Å². The molecule has 1 rings (SSSR count). The van der Waals surface area contributed by atoms with E-state index in [-0.39, 0.29) is 18.0 Å². The van der Waals surface area contributed by atoms with Gasteiger partial charge in [0.25, 0.3) is 0 Å². The minimum absolute atomic E-state index is 0.199. The number of esters is 2. The summed E-state index contributed by atoms with van der Waals surface area (Å²) in [5.74, 6) is -1.32. The van der Waals surface area contributed by atoms with Crippen molar-refractivity contribution in [3.05, 3.63) is 0 Å². The van der Waals surface area contributed by atoms with Gasteiger partial charge in [0, 0.05) is 0 Å². The summed E-state index contributed by atoms with van der Waals surface area (Å²) in [5.41, 5.74) is 0. The van der Waals surface area contributed by atoms with Crippen LogP contribution in [0.25, 0.3) is 0 Å².